The Kier molecular flexibility index (Phi) is 4.26. The predicted octanol–water partition coefficient (Wildman–Crippen LogP) is 1.88. The van der Waals surface area contributed by atoms with Crippen LogP contribution < -0.4 is 4.90 Å². The van der Waals surface area contributed by atoms with Crippen molar-refractivity contribution in [2.24, 2.45) is 0 Å². The summed E-state index contributed by atoms with van der Waals surface area (Å²) in [6, 6.07) is 4.69. The van der Waals surface area contributed by atoms with Crippen molar-refractivity contribution in [1.82, 2.24) is 25.1 Å². The van der Waals surface area contributed by atoms with Crippen LogP contribution in [0.5, 0.6) is 0 Å². The number of nitrogens with zero attached hydrogens (tertiary/aromatic N) is 6. The van der Waals surface area contributed by atoms with Gasteiger partial charge in [-0.15, -0.1) is 5.10 Å². The van der Waals surface area contributed by atoms with Crippen molar-refractivity contribution in [2.45, 2.75) is 38.8 Å². The predicted molar refractivity (Wildman–Crippen MR) is 90.2 cm³/mol. The van der Waals surface area contributed by atoms with Crippen molar-refractivity contribution >= 4 is 5.82 Å². The van der Waals surface area contributed by atoms with E-state index in [1.54, 1.807) is 6.33 Å². The zero-order valence-electron chi connectivity index (χ0n) is 14.3. The molecular weight excluding hydrogens is 288 g/mol. The zero-order chi connectivity index (χ0) is 16.4. The molecule has 1 aliphatic rings. The molecule has 0 amide bonds. The van der Waals surface area contributed by atoms with E-state index < -0.39 is 0 Å². The number of hydrogen-bond acceptors (Lipinski definition) is 6. The summed E-state index contributed by atoms with van der Waals surface area (Å²) < 4.78 is 0. The van der Waals surface area contributed by atoms with Gasteiger partial charge in [-0.3, -0.25) is 4.90 Å². The van der Waals surface area contributed by atoms with Crippen LogP contribution in [-0.4, -0.2) is 51.2 Å². The molecule has 1 fully saturated rings. The summed E-state index contributed by atoms with van der Waals surface area (Å²) in [5.41, 5.74) is 2.21. The lowest BCUT2D eigenvalue weighted by molar-refractivity contribution is 0.196. The molecule has 0 spiro atoms. The molecule has 6 nitrogen and oxygen atoms in total. The van der Waals surface area contributed by atoms with Crippen LogP contribution >= 0.6 is 0 Å². The molecule has 0 saturated carbocycles. The third-order valence-corrected chi connectivity index (χ3v) is 4.27. The molecule has 23 heavy (non-hydrogen) atoms. The van der Waals surface area contributed by atoms with Crippen molar-refractivity contribution in [3.63, 3.8) is 0 Å². The van der Waals surface area contributed by atoms with Crippen LogP contribution in [-0.2, 0) is 12.0 Å². The highest BCUT2D eigenvalue weighted by molar-refractivity contribution is 5.42. The number of hydrogen-bond donors (Lipinski definition) is 0. The quantitative estimate of drug-likeness (QED) is 0.859. The molecule has 3 heterocycles. The fourth-order valence-electron chi connectivity index (χ4n) is 2.64. The molecule has 2 aromatic heterocycles. The summed E-state index contributed by atoms with van der Waals surface area (Å²) in [6.45, 7) is 9.28. The van der Waals surface area contributed by atoms with Gasteiger partial charge in [-0.25, -0.2) is 9.97 Å². The van der Waals surface area contributed by atoms with E-state index in [0.717, 1.165) is 36.7 Å². The number of likely N-dealkylation sites (N-methyl/N-ethyl adjacent to an activating group) is 1. The fourth-order valence-corrected chi connectivity index (χ4v) is 2.64. The molecule has 0 radical (unpaired) electrons. The van der Waals surface area contributed by atoms with Crippen LogP contribution in [0.25, 0.3) is 0 Å². The SMILES string of the molecule is CN(Cc1cncnc1)C1CN(c2ccc(C(C)(C)C)nn2)C1. The van der Waals surface area contributed by atoms with Gasteiger partial charge in [0, 0.05) is 49.0 Å². The number of anilines is 1. The second-order valence-corrected chi connectivity index (χ2v) is 7.25. The molecule has 1 aliphatic heterocycles. The lowest BCUT2D eigenvalue weighted by Crippen LogP contribution is -2.58. The van der Waals surface area contributed by atoms with Gasteiger partial charge in [0.05, 0.1) is 5.69 Å². The Morgan fingerprint density at radius 3 is 2.39 bits per heavy atom. The fraction of sp³-hybridized carbons (Fsp3) is 0.529. The summed E-state index contributed by atoms with van der Waals surface area (Å²) in [4.78, 5) is 12.7. The van der Waals surface area contributed by atoms with E-state index in [-0.39, 0.29) is 5.41 Å². The van der Waals surface area contributed by atoms with E-state index in [4.69, 9.17) is 0 Å². The molecule has 2 aromatic rings. The van der Waals surface area contributed by atoms with Crippen LogP contribution in [0.3, 0.4) is 0 Å². The molecule has 0 bridgehead atoms. The number of rotatable bonds is 4. The molecule has 0 unspecified atom stereocenters. The van der Waals surface area contributed by atoms with E-state index in [9.17, 15) is 0 Å². The van der Waals surface area contributed by atoms with Crippen molar-refractivity contribution in [3.05, 3.63) is 42.1 Å². The Bertz CT molecular complexity index is 628. The second-order valence-electron chi connectivity index (χ2n) is 7.25. The summed E-state index contributed by atoms with van der Waals surface area (Å²) in [5.74, 6) is 0.964. The Hall–Kier alpha value is -2.08. The third kappa shape index (κ3) is 3.64. The van der Waals surface area contributed by atoms with E-state index >= 15 is 0 Å². The van der Waals surface area contributed by atoms with E-state index in [2.05, 4.69) is 69.9 Å². The van der Waals surface area contributed by atoms with Crippen LogP contribution in [0.4, 0.5) is 5.82 Å². The maximum absolute atomic E-state index is 4.38. The molecule has 6 heteroatoms. The average Bonchev–Trinajstić information content (AvgIpc) is 2.46. The summed E-state index contributed by atoms with van der Waals surface area (Å²) in [6.07, 6.45) is 5.31. The monoisotopic (exact) mass is 312 g/mol. The molecule has 0 atom stereocenters. The molecule has 122 valence electrons. The Morgan fingerprint density at radius 2 is 1.83 bits per heavy atom. The zero-order valence-corrected chi connectivity index (χ0v) is 14.3. The van der Waals surface area contributed by atoms with Crippen LogP contribution in [0.2, 0.25) is 0 Å². The highest BCUT2D eigenvalue weighted by Crippen LogP contribution is 2.24. The largest absolute Gasteiger partial charge is 0.352 e. The van der Waals surface area contributed by atoms with Gasteiger partial charge in [0.2, 0.25) is 0 Å². The van der Waals surface area contributed by atoms with Crippen LogP contribution in [0.1, 0.15) is 32.0 Å². The lowest BCUT2D eigenvalue weighted by atomic mass is 9.92. The maximum Gasteiger partial charge on any atom is 0.151 e. The first-order valence-corrected chi connectivity index (χ1v) is 7.97. The molecule has 3 rings (SSSR count). The summed E-state index contributed by atoms with van der Waals surface area (Å²) in [5, 5.41) is 8.75. The average molecular weight is 312 g/mol. The van der Waals surface area contributed by atoms with E-state index in [1.807, 2.05) is 12.4 Å². The lowest BCUT2D eigenvalue weighted by Gasteiger charge is -2.44. The van der Waals surface area contributed by atoms with Crippen molar-refractivity contribution in [1.29, 1.82) is 0 Å². The third-order valence-electron chi connectivity index (χ3n) is 4.27. The van der Waals surface area contributed by atoms with Crippen LogP contribution in [0.15, 0.2) is 30.9 Å². The molecule has 0 aromatic carbocycles. The minimum atomic E-state index is 0.0426. The standard InChI is InChI=1S/C17H24N6/c1-17(2,3)15-5-6-16(21-20-15)23-10-14(11-23)22(4)9-13-7-18-12-19-8-13/h5-8,12,14H,9-11H2,1-4H3. The summed E-state index contributed by atoms with van der Waals surface area (Å²) in [7, 11) is 2.14. The first kappa shape index (κ1) is 15.8. The summed E-state index contributed by atoms with van der Waals surface area (Å²) >= 11 is 0. The molecular formula is C17H24N6. The highest BCUT2D eigenvalue weighted by Gasteiger charge is 2.31. The first-order chi connectivity index (χ1) is 10.9. The molecule has 0 aliphatic carbocycles. The van der Waals surface area contributed by atoms with Gasteiger partial charge in [0.15, 0.2) is 5.82 Å². The normalized spacial score (nSPS) is 15.8. The van der Waals surface area contributed by atoms with Gasteiger partial charge in [0.25, 0.3) is 0 Å². The van der Waals surface area contributed by atoms with Gasteiger partial charge in [-0.2, -0.15) is 5.10 Å². The second kappa shape index (κ2) is 6.20. The van der Waals surface area contributed by atoms with Crippen molar-refractivity contribution < 1.29 is 0 Å². The van der Waals surface area contributed by atoms with Gasteiger partial charge < -0.3 is 4.90 Å². The minimum Gasteiger partial charge on any atom is -0.352 e. The Labute approximate surface area is 137 Å². The van der Waals surface area contributed by atoms with E-state index in [0.29, 0.717) is 6.04 Å². The van der Waals surface area contributed by atoms with Gasteiger partial charge >= 0.3 is 0 Å². The van der Waals surface area contributed by atoms with Gasteiger partial charge in [-0.05, 0) is 19.2 Å². The highest BCUT2D eigenvalue weighted by atomic mass is 15.4. The first-order valence-electron chi connectivity index (χ1n) is 7.97. The smallest absolute Gasteiger partial charge is 0.151 e. The van der Waals surface area contributed by atoms with Gasteiger partial charge in [-0.1, -0.05) is 20.8 Å². The number of aromatic nitrogens is 4. The molecule has 1 saturated heterocycles. The van der Waals surface area contributed by atoms with Gasteiger partial charge in [0.1, 0.15) is 6.33 Å². The van der Waals surface area contributed by atoms with Crippen molar-refractivity contribution in [3.8, 4) is 0 Å². The Balaban J connectivity index is 1.54. The maximum atomic E-state index is 4.38. The molecule has 0 N–H and O–H groups in total. The topological polar surface area (TPSA) is 58.0 Å². The Morgan fingerprint density at radius 1 is 1.13 bits per heavy atom. The van der Waals surface area contributed by atoms with E-state index in [1.165, 1.54) is 0 Å². The van der Waals surface area contributed by atoms with Crippen molar-refractivity contribution in [2.75, 3.05) is 25.0 Å². The van der Waals surface area contributed by atoms with Crippen LogP contribution in [0, 0.1) is 0 Å². The minimum absolute atomic E-state index is 0.0426.